The van der Waals surface area contributed by atoms with E-state index in [1.165, 1.54) is 0 Å². The summed E-state index contributed by atoms with van der Waals surface area (Å²) in [7, 11) is 0. The molecule has 2 aromatic heterocycles. The van der Waals surface area contributed by atoms with Crippen molar-refractivity contribution in [3.63, 3.8) is 0 Å². The molecule has 4 rings (SSSR count). The molecule has 1 aliphatic carbocycles. The summed E-state index contributed by atoms with van der Waals surface area (Å²) >= 11 is 0. The predicted molar refractivity (Wildman–Crippen MR) is 99.0 cm³/mol. The van der Waals surface area contributed by atoms with Crippen molar-refractivity contribution in [2.75, 3.05) is 6.54 Å². The van der Waals surface area contributed by atoms with E-state index >= 15 is 0 Å². The monoisotopic (exact) mass is 350 g/mol. The van der Waals surface area contributed by atoms with Gasteiger partial charge in [0.15, 0.2) is 5.69 Å². The Labute approximate surface area is 151 Å². The SMILES string of the molecule is Cc1c(C(=O)NC2CCC(CN)C2)nnn1-c1cccc2ncccc12. The van der Waals surface area contributed by atoms with Crippen LogP contribution in [0.15, 0.2) is 36.5 Å². The number of fused-ring (bicyclic) bond motifs is 1. The van der Waals surface area contributed by atoms with Gasteiger partial charge in [0.1, 0.15) is 0 Å². The predicted octanol–water partition coefficient (Wildman–Crippen LogP) is 1.98. The zero-order chi connectivity index (χ0) is 18.1. The van der Waals surface area contributed by atoms with Gasteiger partial charge in [-0.15, -0.1) is 5.10 Å². The standard InChI is InChI=1S/C19H22N6O/c1-12-18(19(26)22-14-8-7-13(10-14)11-20)23-24-25(12)17-6-2-5-16-15(17)4-3-9-21-16/h2-6,9,13-14H,7-8,10-11,20H2,1H3,(H,22,26). The fourth-order valence-electron chi connectivity index (χ4n) is 3.71. The molecule has 0 bridgehead atoms. The van der Waals surface area contributed by atoms with Gasteiger partial charge in [-0.2, -0.15) is 0 Å². The Morgan fingerprint density at radius 1 is 1.31 bits per heavy atom. The quantitative estimate of drug-likeness (QED) is 0.750. The van der Waals surface area contributed by atoms with Gasteiger partial charge < -0.3 is 11.1 Å². The van der Waals surface area contributed by atoms with Crippen molar-refractivity contribution in [3.8, 4) is 5.69 Å². The fraction of sp³-hybridized carbons (Fsp3) is 0.368. The Morgan fingerprint density at radius 2 is 2.19 bits per heavy atom. The van der Waals surface area contributed by atoms with Gasteiger partial charge in [-0.3, -0.25) is 9.78 Å². The van der Waals surface area contributed by atoms with E-state index in [2.05, 4.69) is 20.6 Å². The summed E-state index contributed by atoms with van der Waals surface area (Å²) in [6, 6.07) is 9.88. The number of benzene rings is 1. The number of amides is 1. The van der Waals surface area contributed by atoms with Crippen LogP contribution in [0.4, 0.5) is 0 Å². The van der Waals surface area contributed by atoms with Gasteiger partial charge in [0.05, 0.1) is 16.9 Å². The normalized spacial score (nSPS) is 19.8. The molecule has 7 heteroatoms. The highest BCUT2D eigenvalue weighted by Crippen LogP contribution is 2.25. The number of aromatic nitrogens is 4. The minimum atomic E-state index is -0.171. The maximum absolute atomic E-state index is 12.7. The van der Waals surface area contributed by atoms with Crippen molar-refractivity contribution in [2.24, 2.45) is 11.7 Å². The topological polar surface area (TPSA) is 98.7 Å². The first kappa shape index (κ1) is 16.7. The Kier molecular flexibility index (Phi) is 4.38. The Balaban J connectivity index is 1.61. The van der Waals surface area contributed by atoms with Crippen LogP contribution in [0, 0.1) is 12.8 Å². The van der Waals surface area contributed by atoms with Crippen LogP contribution in [0.25, 0.3) is 16.6 Å². The average molecular weight is 350 g/mol. The summed E-state index contributed by atoms with van der Waals surface area (Å²) in [5, 5.41) is 12.4. The number of nitrogens with zero attached hydrogens (tertiary/aromatic N) is 4. The second kappa shape index (κ2) is 6.84. The smallest absolute Gasteiger partial charge is 0.273 e. The molecule has 0 radical (unpaired) electrons. The van der Waals surface area contributed by atoms with E-state index in [0.717, 1.165) is 35.9 Å². The Bertz CT molecular complexity index is 945. The third kappa shape index (κ3) is 2.94. The first-order valence-electron chi connectivity index (χ1n) is 8.94. The summed E-state index contributed by atoms with van der Waals surface area (Å²) in [6.07, 6.45) is 4.73. The summed E-state index contributed by atoms with van der Waals surface area (Å²) in [5.74, 6) is 0.329. The largest absolute Gasteiger partial charge is 0.348 e. The number of carbonyl (C=O) groups excluding carboxylic acids is 1. The molecule has 0 saturated heterocycles. The highest BCUT2D eigenvalue weighted by molar-refractivity contribution is 5.94. The lowest BCUT2D eigenvalue weighted by Gasteiger charge is -2.12. The molecule has 3 N–H and O–H groups in total. The van der Waals surface area contributed by atoms with Crippen LogP contribution in [0.2, 0.25) is 0 Å². The molecule has 134 valence electrons. The van der Waals surface area contributed by atoms with Crippen LogP contribution in [-0.2, 0) is 0 Å². The second-order valence-electron chi connectivity index (χ2n) is 6.87. The molecule has 26 heavy (non-hydrogen) atoms. The number of carbonyl (C=O) groups is 1. The van der Waals surface area contributed by atoms with Gasteiger partial charge in [0.2, 0.25) is 0 Å². The van der Waals surface area contributed by atoms with E-state index < -0.39 is 0 Å². The second-order valence-corrected chi connectivity index (χ2v) is 6.87. The summed E-state index contributed by atoms with van der Waals surface area (Å²) in [4.78, 5) is 17.0. The average Bonchev–Trinajstić information content (AvgIpc) is 3.27. The molecule has 0 spiro atoms. The van der Waals surface area contributed by atoms with E-state index in [-0.39, 0.29) is 11.9 Å². The van der Waals surface area contributed by atoms with Crippen molar-refractivity contribution < 1.29 is 4.79 Å². The molecular weight excluding hydrogens is 328 g/mol. The van der Waals surface area contributed by atoms with Crippen LogP contribution in [0.1, 0.15) is 35.4 Å². The summed E-state index contributed by atoms with van der Waals surface area (Å²) in [5.41, 5.74) is 8.55. The lowest BCUT2D eigenvalue weighted by atomic mass is 10.1. The van der Waals surface area contributed by atoms with Gasteiger partial charge in [-0.25, -0.2) is 4.68 Å². The van der Waals surface area contributed by atoms with E-state index in [1.807, 2.05) is 37.3 Å². The zero-order valence-electron chi connectivity index (χ0n) is 14.7. The first-order valence-corrected chi connectivity index (χ1v) is 8.94. The molecule has 0 aliphatic heterocycles. The molecular formula is C19H22N6O. The fourth-order valence-corrected chi connectivity index (χ4v) is 3.71. The molecule has 1 saturated carbocycles. The third-order valence-electron chi connectivity index (χ3n) is 5.17. The Morgan fingerprint density at radius 3 is 3.00 bits per heavy atom. The molecule has 1 aliphatic rings. The number of nitrogens with two attached hydrogens (primary N) is 1. The number of pyridine rings is 1. The first-order chi connectivity index (χ1) is 12.7. The summed E-state index contributed by atoms with van der Waals surface area (Å²) in [6.45, 7) is 2.54. The zero-order valence-corrected chi connectivity index (χ0v) is 14.7. The number of nitrogens with one attached hydrogen (secondary N) is 1. The highest BCUT2D eigenvalue weighted by Gasteiger charge is 2.27. The molecule has 1 fully saturated rings. The summed E-state index contributed by atoms with van der Waals surface area (Å²) < 4.78 is 1.70. The maximum atomic E-state index is 12.7. The highest BCUT2D eigenvalue weighted by atomic mass is 16.2. The van der Waals surface area contributed by atoms with Gasteiger partial charge >= 0.3 is 0 Å². The van der Waals surface area contributed by atoms with Crippen LogP contribution in [-0.4, -0.2) is 38.5 Å². The number of rotatable bonds is 4. The van der Waals surface area contributed by atoms with Crippen molar-refractivity contribution in [1.82, 2.24) is 25.3 Å². The molecule has 7 nitrogen and oxygen atoms in total. The van der Waals surface area contributed by atoms with Crippen molar-refractivity contribution in [2.45, 2.75) is 32.2 Å². The van der Waals surface area contributed by atoms with Crippen molar-refractivity contribution in [1.29, 1.82) is 0 Å². The van der Waals surface area contributed by atoms with Crippen LogP contribution < -0.4 is 11.1 Å². The van der Waals surface area contributed by atoms with Crippen molar-refractivity contribution in [3.05, 3.63) is 47.9 Å². The molecule has 3 aromatic rings. The van der Waals surface area contributed by atoms with Crippen LogP contribution in [0.5, 0.6) is 0 Å². The minimum absolute atomic E-state index is 0.169. The Hall–Kier alpha value is -2.80. The lowest BCUT2D eigenvalue weighted by Crippen LogP contribution is -2.34. The molecule has 2 heterocycles. The van der Waals surface area contributed by atoms with Crippen LogP contribution in [0.3, 0.4) is 0 Å². The number of hydrogen-bond donors (Lipinski definition) is 2. The third-order valence-corrected chi connectivity index (χ3v) is 5.17. The van der Waals surface area contributed by atoms with Gasteiger partial charge in [0, 0.05) is 17.6 Å². The van der Waals surface area contributed by atoms with E-state index in [9.17, 15) is 4.79 Å². The lowest BCUT2D eigenvalue weighted by molar-refractivity contribution is 0.0931. The van der Waals surface area contributed by atoms with E-state index in [0.29, 0.717) is 23.9 Å². The van der Waals surface area contributed by atoms with Gasteiger partial charge in [-0.05, 0) is 62.9 Å². The molecule has 1 amide bonds. The van der Waals surface area contributed by atoms with Crippen molar-refractivity contribution >= 4 is 16.8 Å². The van der Waals surface area contributed by atoms with Gasteiger partial charge in [0.25, 0.3) is 5.91 Å². The molecule has 2 unspecified atom stereocenters. The minimum Gasteiger partial charge on any atom is -0.348 e. The van der Waals surface area contributed by atoms with E-state index in [1.54, 1.807) is 10.9 Å². The maximum Gasteiger partial charge on any atom is 0.273 e. The van der Waals surface area contributed by atoms with Crippen LogP contribution >= 0.6 is 0 Å². The number of hydrogen-bond acceptors (Lipinski definition) is 5. The molecule has 1 aromatic carbocycles. The molecule has 2 atom stereocenters. The van der Waals surface area contributed by atoms with E-state index in [4.69, 9.17) is 5.73 Å². The van der Waals surface area contributed by atoms with Gasteiger partial charge in [-0.1, -0.05) is 11.3 Å².